The molecule has 21 heavy (non-hydrogen) atoms. The molecule has 3 heterocycles. The number of fused-ring (bicyclic) bond motifs is 1. The molecule has 1 aliphatic rings. The molecule has 0 radical (unpaired) electrons. The summed E-state index contributed by atoms with van der Waals surface area (Å²) in [6.07, 6.45) is 1.89. The topological polar surface area (TPSA) is 86.3 Å². The van der Waals surface area contributed by atoms with E-state index in [4.69, 9.17) is 0 Å². The lowest BCUT2D eigenvalue weighted by Crippen LogP contribution is -2.49. The van der Waals surface area contributed by atoms with E-state index in [1.165, 1.54) is 11.3 Å². The van der Waals surface area contributed by atoms with Gasteiger partial charge in [-0.2, -0.15) is 0 Å². The van der Waals surface area contributed by atoms with Crippen LogP contribution in [0, 0.1) is 5.92 Å². The van der Waals surface area contributed by atoms with E-state index in [1.54, 1.807) is 0 Å². The molecule has 1 saturated heterocycles. The molecule has 3 rings (SSSR count). The Morgan fingerprint density at radius 3 is 3.19 bits per heavy atom. The molecule has 0 bridgehead atoms. The molecule has 0 spiro atoms. The van der Waals surface area contributed by atoms with E-state index in [2.05, 4.69) is 9.97 Å². The third-order valence-corrected chi connectivity index (χ3v) is 4.91. The van der Waals surface area contributed by atoms with Gasteiger partial charge in [0, 0.05) is 0 Å². The summed E-state index contributed by atoms with van der Waals surface area (Å²) in [5.41, 5.74) is 0.526. The molecular weight excluding hydrogens is 290 g/mol. The number of nitrogens with zero attached hydrogens (tertiary/aromatic N) is 2. The molecule has 7 heteroatoms. The molecule has 0 saturated carbocycles. The second kappa shape index (κ2) is 5.57. The fourth-order valence-electron chi connectivity index (χ4n) is 3.04. The van der Waals surface area contributed by atoms with Crippen LogP contribution >= 0.6 is 11.3 Å². The van der Waals surface area contributed by atoms with Crippen LogP contribution in [0.2, 0.25) is 0 Å². The predicted octanol–water partition coefficient (Wildman–Crippen LogP) is 1.67. The van der Waals surface area contributed by atoms with Crippen molar-refractivity contribution >= 4 is 27.5 Å². The van der Waals surface area contributed by atoms with Crippen molar-refractivity contribution in [2.24, 2.45) is 5.92 Å². The maximum Gasteiger partial charge on any atom is 0.321 e. The van der Waals surface area contributed by atoms with Crippen LogP contribution in [0.1, 0.15) is 25.6 Å². The first-order valence-corrected chi connectivity index (χ1v) is 7.87. The Balaban J connectivity index is 1.89. The van der Waals surface area contributed by atoms with Gasteiger partial charge in [0.2, 0.25) is 0 Å². The number of likely N-dealkylation sites (tertiary alicyclic amines) is 1. The number of carboxylic acid groups (broad SMARTS) is 1. The van der Waals surface area contributed by atoms with Crippen molar-refractivity contribution in [3.63, 3.8) is 0 Å². The first-order chi connectivity index (χ1) is 10.1. The highest BCUT2D eigenvalue weighted by Gasteiger charge is 2.34. The lowest BCUT2D eigenvalue weighted by Gasteiger charge is -2.36. The maximum absolute atomic E-state index is 12.0. The Kier molecular flexibility index (Phi) is 3.77. The zero-order valence-electron chi connectivity index (χ0n) is 11.7. The molecule has 1 aliphatic heterocycles. The van der Waals surface area contributed by atoms with Crippen LogP contribution in [0.4, 0.5) is 0 Å². The van der Waals surface area contributed by atoms with E-state index in [-0.39, 0.29) is 11.5 Å². The molecule has 6 nitrogen and oxygen atoms in total. The average molecular weight is 307 g/mol. The summed E-state index contributed by atoms with van der Waals surface area (Å²) >= 11 is 1.36. The predicted molar refractivity (Wildman–Crippen MR) is 80.5 cm³/mol. The summed E-state index contributed by atoms with van der Waals surface area (Å²) in [5, 5.41) is 11.3. The number of carbonyl (C=O) groups is 1. The molecule has 0 amide bonds. The Morgan fingerprint density at radius 2 is 2.43 bits per heavy atom. The van der Waals surface area contributed by atoms with Crippen LogP contribution in [0.3, 0.4) is 0 Å². The number of nitrogens with one attached hydrogen (secondary N) is 1. The molecule has 2 aromatic rings. The van der Waals surface area contributed by atoms with Gasteiger partial charge in [-0.15, -0.1) is 11.3 Å². The van der Waals surface area contributed by atoms with E-state index in [1.807, 2.05) is 23.3 Å². The minimum atomic E-state index is -0.804. The van der Waals surface area contributed by atoms with Gasteiger partial charge >= 0.3 is 5.97 Å². The fourth-order valence-corrected chi connectivity index (χ4v) is 3.76. The van der Waals surface area contributed by atoms with Crippen molar-refractivity contribution in [3.05, 3.63) is 27.6 Å². The zero-order valence-corrected chi connectivity index (χ0v) is 12.5. The minimum absolute atomic E-state index is 0.104. The summed E-state index contributed by atoms with van der Waals surface area (Å²) in [6, 6.07) is 1.30. The molecule has 112 valence electrons. The van der Waals surface area contributed by atoms with Crippen LogP contribution in [0.5, 0.6) is 0 Å². The summed E-state index contributed by atoms with van der Waals surface area (Å²) in [4.78, 5) is 32.5. The van der Waals surface area contributed by atoms with E-state index in [9.17, 15) is 14.7 Å². The van der Waals surface area contributed by atoms with Gasteiger partial charge in [-0.05, 0) is 36.8 Å². The Morgan fingerprint density at radius 1 is 1.62 bits per heavy atom. The van der Waals surface area contributed by atoms with E-state index < -0.39 is 12.0 Å². The smallest absolute Gasteiger partial charge is 0.321 e. The van der Waals surface area contributed by atoms with Gasteiger partial charge in [-0.1, -0.05) is 6.92 Å². The third-order valence-electron chi connectivity index (χ3n) is 4.01. The molecule has 1 fully saturated rings. The van der Waals surface area contributed by atoms with Gasteiger partial charge in [-0.25, -0.2) is 4.98 Å². The summed E-state index contributed by atoms with van der Waals surface area (Å²) < 4.78 is 0.612. The van der Waals surface area contributed by atoms with Crippen molar-refractivity contribution in [2.75, 3.05) is 6.54 Å². The Hall–Kier alpha value is -1.73. The number of hydrogen-bond donors (Lipinski definition) is 2. The first kappa shape index (κ1) is 14.2. The molecule has 2 N–H and O–H groups in total. The lowest BCUT2D eigenvalue weighted by atomic mass is 9.91. The van der Waals surface area contributed by atoms with E-state index in [0.717, 1.165) is 12.8 Å². The largest absolute Gasteiger partial charge is 0.480 e. The maximum atomic E-state index is 12.0. The first-order valence-electron chi connectivity index (χ1n) is 6.99. The third kappa shape index (κ3) is 2.71. The molecule has 0 aliphatic carbocycles. The van der Waals surface area contributed by atoms with E-state index >= 15 is 0 Å². The number of hydrogen-bond acceptors (Lipinski definition) is 5. The Bertz CT molecular complexity index is 724. The number of aliphatic carboxylic acids is 1. The zero-order chi connectivity index (χ0) is 15.0. The highest BCUT2D eigenvalue weighted by Crippen LogP contribution is 2.25. The number of aromatic nitrogens is 2. The number of piperidine rings is 1. The molecular formula is C14H17N3O3S. The molecule has 0 aromatic carbocycles. The van der Waals surface area contributed by atoms with Crippen molar-refractivity contribution in [1.82, 2.24) is 14.9 Å². The summed E-state index contributed by atoms with van der Waals surface area (Å²) in [6.45, 7) is 3.04. The van der Waals surface area contributed by atoms with Gasteiger partial charge in [0.15, 0.2) is 0 Å². The fraction of sp³-hybridized carbons (Fsp3) is 0.500. The number of thiophene rings is 1. The monoisotopic (exact) mass is 307 g/mol. The van der Waals surface area contributed by atoms with Gasteiger partial charge in [-0.3, -0.25) is 14.5 Å². The normalized spacial score (nSPS) is 23.5. The number of carboxylic acids is 1. The SMILES string of the molecule is CC1CCCN(Cc2nc3ccsc3c(=O)[nH]2)C1C(=O)O. The van der Waals surface area contributed by atoms with Crippen LogP contribution in [-0.2, 0) is 11.3 Å². The number of aromatic amines is 1. The van der Waals surface area contributed by atoms with Crippen molar-refractivity contribution in [3.8, 4) is 0 Å². The average Bonchev–Trinajstić information content (AvgIpc) is 2.87. The summed E-state index contributed by atoms with van der Waals surface area (Å²) in [7, 11) is 0. The van der Waals surface area contributed by atoms with Gasteiger partial charge in [0.05, 0.1) is 12.1 Å². The Labute approximate surface area is 125 Å². The van der Waals surface area contributed by atoms with Gasteiger partial charge < -0.3 is 10.1 Å². The molecule has 2 atom stereocenters. The van der Waals surface area contributed by atoms with Crippen LogP contribution in [0.15, 0.2) is 16.2 Å². The van der Waals surface area contributed by atoms with Crippen molar-refractivity contribution in [1.29, 1.82) is 0 Å². The second-order valence-electron chi connectivity index (χ2n) is 5.52. The molecule has 2 unspecified atom stereocenters. The summed E-state index contributed by atoms with van der Waals surface area (Å²) in [5.74, 6) is -0.166. The van der Waals surface area contributed by atoms with Crippen LogP contribution in [-0.4, -0.2) is 38.5 Å². The minimum Gasteiger partial charge on any atom is -0.480 e. The highest BCUT2D eigenvalue weighted by molar-refractivity contribution is 7.17. The lowest BCUT2D eigenvalue weighted by molar-refractivity contribution is -0.147. The highest BCUT2D eigenvalue weighted by atomic mass is 32.1. The van der Waals surface area contributed by atoms with Crippen molar-refractivity contribution in [2.45, 2.75) is 32.4 Å². The van der Waals surface area contributed by atoms with Crippen LogP contribution in [0.25, 0.3) is 10.2 Å². The van der Waals surface area contributed by atoms with Gasteiger partial charge in [0.25, 0.3) is 5.56 Å². The quantitative estimate of drug-likeness (QED) is 0.901. The molecule has 2 aromatic heterocycles. The second-order valence-corrected chi connectivity index (χ2v) is 6.44. The van der Waals surface area contributed by atoms with E-state index in [0.29, 0.717) is 29.1 Å². The van der Waals surface area contributed by atoms with Crippen LogP contribution < -0.4 is 5.56 Å². The standard InChI is InChI=1S/C14H17N3O3S/c1-8-3-2-5-17(11(8)14(19)20)7-10-15-9-4-6-21-12(9)13(18)16-10/h4,6,8,11H,2-3,5,7H2,1H3,(H,19,20)(H,15,16,18). The number of rotatable bonds is 3. The van der Waals surface area contributed by atoms with Crippen molar-refractivity contribution < 1.29 is 9.90 Å². The number of H-pyrrole nitrogens is 1. The van der Waals surface area contributed by atoms with Gasteiger partial charge in [0.1, 0.15) is 16.6 Å².